The molecule has 0 saturated carbocycles. The van der Waals surface area contributed by atoms with Crippen LogP contribution >= 0.6 is 23.2 Å². The van der Waals surface area contributed by atoms with Crippen molar-refractivity contribution in [1.82, 2.24) is 0 Å². The number of hydrogen-bond donors (Lipinski definition) is 0. The summed E-state index contributed by atoms with van der Waals surface area (Å²) in [6.45, 7) is 1.13. The van der Waals surface area contributed by atoms with Gasteiger partial charge >= 0.3 is 11.9 Å². The average Bonchev–Trinajstić information content (AvgIpc) is 2.87. The first-order valence-corrected chi connectivity index (χ1v) is 16.2. The zero-order valence-electron chi connectivity index (χ0n) is 23.2. The molecule has 0 aliphatic rings. The van der Waals surface area contributed by atoms with Crippen LogP contribution in [0.4, 0.5) is 0 Å². The molecule has 0 heterocycles. The van der Waals surface area contributed by atoms with Crippen LogP contribution in [-0.4, -0.2) is 36.9 Å². The summed E-state index contributed by atoms with van der Waals surface area (Å²) in [5.74, 6) is 1.45. The maximum atomic E-state index is 11.8. The van der Waals surface area contributed by atoms with Gasteiger partial charge in [0.05, 0.1) is 13.2 Å². The maximum absolute atomic E-state index is 11.8. The maximum Gasteiger partial charge on any atom is 0.305 e. The molecule has 0 unspecified atom stereocenters. The molecule has 0 amide bonds. The number of halogens is 2. The lowest BCUT2D eigenvalue weighted by Crippen LogP contribution is -2.06. The lowest BCUT2D eigenvalue weighted by atomic mass is 10.1. The minimum atomic E-state index is -0.0546. The molecule has 0 aliphatic heterocycles. The first-order chi connectivity index (χ1) is 17.7. The molecular formula is C30H56Cl2O4. The van der Waals surface area contributed by atoms with Crippen LogP contribution in [0, 0.1) is 0 Å². The molecule has 6 heteroatoms. The van der Waals surface area contributed by atoms with E-state index in [1.54, 1.807) is 0 Å². The molecule has 0 spiro atoms. The summed E-state index contributed by atoms with van der Waals surface area (Å²) in [4.78, 5) is 23.6. The molecule has 214 valence electrons. The number of unbranched alkanes of at least 4 members (excludes halogenated alkanes) is 19. The largest absolute Gasteiger partial charge is 0.466 e. The van der Waals surface area contributed by atoms with E-state index in [4.69, 9.17) is 32.7 Å². The van der Waals surface area contributed by atoms with Gasteiger partial charge in [0.1, 0.15) is 0 Å². The van der Waals surface area contributed by atoms with Gasteiger partial charge in [0, 0.05) is 24.6 Å². The van der Waals surface area contributed by atoms with Crippen molar-refractivity contribution < 1.29 is 19.1 Å². The molecule has 0 rings (SSSR count). The predicted octanol–water partition coefficient (Wildman–Crippen LogP) is 9.91. The molecule has 0 radical (unpaired) electrons. The van der Waals surface area contributed by atoms with E-state index in [9.17, 15) is 9.59 Å². The van der Waals surface area contributed by atoms with Gasteiger partial charge in [0.2, 0.25) is 0 Å². The number of hydrogen-bond acceptors (Lipinski definition) is 4. The molecule has 0 aromatic heterocycles. The van der Waals surface area contributed by atoms with Crippen molar-refractivity contribution in [3.8, 4) is 0 Å². The quantitative estimate of drug-likeness (QED) is 0.0527. The summed E-state index contributed by atoms with van der Waals surface area (Å²) in [7, 11) is 0. The van der Waals surface area contributed by atoms with Gasteiger partial charge in [-0.25, -0.2) is 0 Å². The smallest absolute Gasteiger partial charge is 0.305 e. The Morgan fingerprint density at radius 1 is 0.361 bits per heavy atom. The predicted molar refractivity (Wildman–Crippen MR) is 154 cm³/mol. The third-order valence-corrected chi connectivity index (χ3v) is 7.13. The van der Waals surface area contributed by atoms with E-state index >= 15 is 0 Å². The summed E-state index contributed by atoms with van der Waals surface area (Å²) in [5.41, 5.74) is 0. The number of carbonyl (C=O) groups is 2. The van der Waals surface area contributed by atoms with Crippen molar-refractivity contribution in [1.29, 1.82) is 0 Å². The zero-order valence-corrected chi connectivity index (χ0v) is 24.7. The van der Waals surface area contributed by atoms with Crippen LogP contribution in [0.1, 0.15) is 154 Å². The lowest BCUT2D eigenvalue weighted by molar-refractivity contribution is -0.144. The number of carbonyl (C=O) groups excluding carboxylic acids is 2. The summed E-state index contributed by atoms with van der Waals surface area (Å²) < 4.78 is 10.7. The normalized spacial score (nSPS) is 11.1. The fourth-order valence-electron chi connectivity index (χ4n) is 4.28. The van der Waals surface area contributed by atoms with Crippen LogP contribution in [0.5, 0.6) is 0 Å². The molecule has 0 fully saturated rings. The highest BCUT2D eigenvalue weighted by atomic mass is 35.5. The van der Waals surface area contributed by atoms with E-state index < -0.39 is 0 Å². The van der Waals surface area contributed by atoms with Crippen LogP contribution in [0.15, 0.2) is 0 Å². The second-order valence-corrected chi connectivity index (χ2v) is 10.9. The number of esters is 2. The lowest BCUT2D eigenvalue weighted by Gasteiger charge is -2.06. The molecule has 0 aromatic carbocycles. The summed E-state index contributed by atoms with van der Waals surface area (Å²) >= 11 is 11.4. The first-order valence-electron chi connectivity index (χ1n) is 15.1. The number of ether oxygens (including phenoxy) is 2. The van der Waals surface area contributed by atoms with Crippen molar-refractivity contribution >= 4 is 35.1 Å². The van der Waals surface area contributed by atoms with E-state index in [-0.39, 0.29) is 11.9 Å². The van der Waals surface area contributed by atoms with Crippen LogP contribution in [0.25, 0.3) is 0 Å². The third kappa shape index (κ3) is 29.7. The van der Waals surface area contributed by atoms with Crippen LogP contribution in [-0.2, 0) is 19.1 Å². The van der Waals surface area contributed by atoms with Crippen LogP contribution < -0.4 is 0 Å². The van der Waals surface area contributed by atoms with E-state index in [0.717, 1.165) is 88.8 Å². The van der Waals surface area contributed by atoms with Gasteiger partial charge in [-0.1, -0.05) is 103 Å². The molecule has 0 N–H and O–H groups in total. The second-order valence-electron chi connectivity index (χ2n) is 10.1. The molecular weight excluding hydrogens is 495 g/mol. The van der Waals surface area contributed by atoms with Gasteiger partial charge < -0.3 is 9.47 Å². The minimum Gasteiger partial charge on any atom is -0.466 e. The van der Waals surface area contributed by atoms with Crippen molar-refractivity contribution in [3.05, 3.63) is 0 Å². The van der Waals surface area contributed by atoms with E-state index in [0.29, 0.717) is 26.1 Å². The van der Waals surface area contributed by atoms with Gasteiger partial charge in [-0.3, -0.25) is 9.59 Å². The van der Waals surface area contributed by atoms with Crippen molar-refractivity contribution in [3.63, 3.8) is 0 Å². The van der Waals surface area contributed by atoms with Gasteiger partial charge in [0.25, 0.3) is 0 Å². The summed E-state index contributed by atoms with van der Waals surface area (Å²) in [6, 6.07) is 0. The molecule has 0 aromatic rings. The van der Waals surface area contributed by atoms with Gasteiger partial charge in [0.15, 0.2) is 0 Å². The Balaban J connectivity index is 3.25. The van der Waals surface area contributed by atoms with E-state index in [2.05, 4.69) is 0 Å². The Morgan fingerprint density at radius 2 is 0.611 bits per heavy atom. The van der Waals surface area contributed by atoms with Gasteiger partial charge in [-0.15, -0.1) is 23.2 Å². The topological polar surface area (TPSA) is 52.6 Å². The molecule has 4 nitrogen and oxygen atoms in total. The minimum absolute atomic E-state index is 0.0546. The number of alkyl halides is 2. The third-order valence-electron chi connectivity index (χ3n) is 6.59. The Morgan fingerprint density at radius 3 is 0.917 bits per heavy atom. The summed E-state index contributed by atoms with van der Waals surface area (Å²) in [6.07, 6.45) is 26.3. The average molecular weight is 552 g/mol. The van der Waals surface area contributed by atoms with Crippen LogP contribution in [0.3, 0.4) is 0 Å². The van der Waals surface area contributed by atoms with E-state index in [1.165, 1.54) is 64.2 Å². The Bertz CT molecular complexity index is 432. The Hall–Kier alpha value is -0.480. The highest BCUT2D eigenvalue weighted by Crippen LogP contribution is 2.12. The van der Waals surface area contributed by atoms with Gasteiger partial charge in [-0.2, -0.15) is 0 Å². The van der Waals surface area contributed by atoms with Crippen molar-refractivity contribution in [2.24, 2.45) is 0 Å². The molecule has 0 atom stereocenters. The fraction of sp³-hybridized carbons (Fsp3) is 0.933. The monoisotopic (exact) mass is 550 g/mol. The molecule has 0 saturated heterocycles. The van der Waals surface area contributed by atoms with E-state index in [1.807, 2.05) is 0 Å². The fourth-order valence-corrected chi connectivity index (χ4v) is 4.65. The SMILES string of the molecule is O=C(CCCCCCCCC(=O)OCCCCCCCCCCCl)OCCCCCCCCCCCl. The Kier molecular flexibility index (Phi) is 30.3. The highest BCUT2D eigenvalue weighted by Gasteiger charge is 2.04. The number of rotatable bonds is 29. The second kappa shape index (κ2) is 30.7. The standard InChI is InChI=1S/C30H56Cl2O4/c31-25-19-13-7-1-3-9-15-21-27-35-29(33)23-17-11-5-6-12-18-24-30(34)36-28-22-16-10-4-2-8-14-20-26-32/h1-28H2. The molecule has 0 bridgehead atoms. The van der Waals surface area contributed by atoms with Gasteiger partial charge in [-0.05, 0) is 38.5 Å². The molecule has 0 aliphatic carbocycles. The highest BCUT2D eigenvalue weighted by molar-refractivity contribution is 6.18. The van der Waals surface area contributed by atoms with Crippen LogP contribution in [0.2, 0.25) is 0 Å². The van der Waals surface area contributed by atoms with Crippen molar-refractivity contribution in [2.75, 3.05) is 25.0 Å². The first kappa shape index (κ1) is 35.5. The van der Waals surface area contributed by atoms with Crippen molar-refractivity contribution in [2.45, 2.75) is 154 Å². The molecule has 36 heavy (non-hydrogen) atoms. The Labute approximate surface area is 232 Å². The summed E-state index contributed by atoms with van der Waals surface area (Å²) in [5, 5.41) is 0. The zero-order chi connectivity index (χ0) is 26.4.